The number of nitrogens with one attached hydrogen (secondary N) is 2. The lowest BCUT2D eigenvalue weighted by Gasteiger charge is -2.11. The Morgan fingerprint density at radius 3 is 2.77 bits per heavy atom. The summed E-state index contributed by atoms with van der Waals surface area (Å²) < 4.78 is 1.88. The molecule has 0 aliphatic heterocycles. The summed E-state index contributed by atoms with van der Waals surface area (Å²) in [6.45, 7) is 6.39. The van der Waals surface area contributed by atoms with E-state index in [-0.39, 0.29) is 24.0 Å². The molecule has 0 saturated heterocycles. The van der Waals surface area contributed by atoms with Crippen molar-refractivity contribution in [2.45, 2.75) is 26.9 Å². The Kier molecular flexibility index (Phi) is 8.05. The van der Waals surface area contributed by atoms with Crippen molar-refractivity contribution in [1.82, 2.24) is 25.2 Å². The predicted octanol–water partition coefficient (Wildman–Crippen LogP) is 3.51. The summed E-state index contributed by atoms with van der Waals surface area (Å²) in [6, 6.07) is 6.15. The van der Waals surface area contributed by atoms with Crippen molar-refractivity contribution < 1.29 is 0 Å². The lowest BCUT2D eigenvalue weighted by atomic mass is 10.3. The summed E-state index contributed by atoms with van der Waals surface area (Å²) >= 11 is 1.76. The first-order valence-corrected chi connectivity index (χ1v) is 9.12. The first kappa shape index (κ1) is 20.4. The molecule has 0 aromatic carbocycles. The summed E-state index contributed by atoms with van der Waals surface area (Å²) in [6.07, 6.45) is 7.20. The van der Waals surface area contributed by atoms with E-state index in [4.69, 9.17) is 0 Å². The summed E-state index contributed by atoms with van der Waals surface area (Å²) in [5.74, 6) is 1.66. The fourth-order valence-corrected chi connectivity index (χ4v) is 3.16. The van der Waals surface area contributed by atoms with Crippen LogP contribution in [0.25, 0.3) is 5.82 Å². The van der Waals surface area contributed by atoms with Crippen LogP contribution in [-0.2, 0) is 13.1 Å². The Labute approximate surface area is 174 Å². The maximum absolute atomic E-state index is 4.65. The molecule has 0 saturated carbocycles. The largest absolute Gasteiger partial charge is 0.357 e. The third-order valence-electron chi connectivity index (χ3n) is 3.73. The molecule has 138 valence electrons. The minimum atomic E-state index is 0. The van der Waals surface area contributed by atoms with E-state index in [1.54, 1.807) is 23.9 Å². The highest BCUT2D eigenvalue weighted by Crippen LogP contribution is 2.14. The van der Waals surface area contributed by atoms with Crippen LogP contribution >= 0.6 is 35.3 Å². The van der Waals surface area contributed by atoms with E-state index in [1.807, 2.05) is 29.1 Å². The average Bonchev–Trinajstić information content (AvgIpc) is 3.30. The van der Waals surface area contributed by atoms with E-state index in [1.165, 1.54) is 10.4 Å². The number of aromatic nitrogens is 3. The number of pyridine rings is 1. The van der Waals surface area contributed by atoms with Gasteiger partial charge in [0.15, 0.2) is 5.96 Å². The number of thiophene rings is 1. The molecule has 0 atom stereocenters. The number of guanidine groups is 1. The molecule has 0 bridgehead atoms. The second-order valence-electron chi connectivity index (χ2n) is 5.57. The molecule has 0 radical (unpaired) electrons. The Morgan fingerprint density at radius 2 is 2.15 bits per heavy atom. The molecule has 3 aromatic rings. The minimum absolute atomic E-state index is 0. The quantitative estimate of drug-likeness (QED) is 0.321. The minimum Gasteiger partial charge on any atom is -0.357 e. The van der Waals surface area contributed by atoms with Gasteiger partial charge < -0.3 is 10.6 Å². The number of aryl methyl sites for hydroxylation is 1. The third-order valence-corrected chi connectivity index (χ3v) is 4.75. The first-order chi connectivity index (χ1) is 12.3. The van der Waals surface area contributed by atoms with E-state index < -0.39 is 0 Å². The SMILES string of the molecule is CCNC(=NCc1ccc(-n2ccnc2)nc1)NCc1sccc1C.I. The summed E-state index contributed by atoms with van der Waals surface area (Å²) in [5, 5.41) is 8.78. The normalized spacial score (nSPS) is 11.1. The summed E-state index contributed by atoms with van der Waals surface area (Å²) in [5.41, 5.74) is 2.38. The van der Waals surface area contributed by atoms with Gasteiger partial charge >= 0.3 is 0 Å². The van der Waals surface area contributed by atoms with Crippen molar-refractivity contribution in [3.8, 4) is 5.82 Å². The van der Waals surface area contributed by atoms with Gasteiger partial charge in [-0.3, -0.25) is 4.57 Å². The lowest BCUT2D eigenvalue weighted by molar-refractivity contribution is 0.820. The zero-order chi connectivity index (χ0) is 17.5. The monoisotopic (exact) mass is 482 g/mol. The first-order valence-electron chi connectivity index (χ1n) is 8.24. The standard InChI is InChI=1S/C18H22N6S.HI/c1-3-20-18(23-12-16-14(2)6-9-25-16)22-11-15-4-5-17(21-10-15)24-8-7-19-13-24;/h4-10,13H,3,11-12H2,1-2H3,(H2,20,22,23);1H. The van der Waals surface area contributed by atoms with E-state index in [0.29, 0.717) is 6.54 Å². The van der Waals surface area contributed by atoms with Crippen LogP contribution in [0.4, 0.5) is 0 Å². The van der Waals surface area contributed by atoms with Crippen molar-refractivity contribution in [3.05, 3.63) is 64.5 Å². The number of halogens is 1. The second-order valence-corrected chi connectivity index (χ2v) is 6.57. The highest BCUT2D eigenvalue weighted by molar-refractivity contribution is 14.0. The number of aliphatic imine (C=N–C) groups is 1. The second kappa shape index (κ2) is 10.3. The van der Waals surface area contributed by atoms with Crippen molar-refractivity contribution in [1.29, 1.82) is 0 Å². The van der Waals surface area contributed by atoms with Gasteiger partial charge in [0.1, 0.15) is 12.1 Å². The molecule has 2 N–H and O–H groups in total. The van der Waals surface area contributed by atoms with Crippen LogP contribution in [0.15, 0.2) is 53.5 Å². The van der Waals surface area contributed by atoms with Crippen LogP contribution in [-0.4, -0.2) is 27.0 Å². The van der Waals surface area contributed by atoms with Crippen LogP contribution < -0.4 is 10.6 Å². The van der Waals surface area contributed by atoms with Gasteiger partial charge in [0.2, 0.25) is 0 Å². The molecule has 0 aliphatic carbocycles. The van der Waals surface area contributed by atoms with E-state index in [9.17, 15) is 0 Å². The van der Waals surface area contributed by atoms with E-state index >= 15 is 0 Å². The molecule has 0 spiro atoms. The summed E-state index contributed by atoms with van der Waals surface area (Å²) in [7, 11) is 0. The van der Waals surface area contributed by atoms with Crippen LogP contribution in [0.2, 0.25) is 0 Å². The molecule has 6 nitrogen and oxygen atoms in total. The van der Waals surface area contributed by atoms with Crippen molar-refractivity contribution in [2.75, 3.05) is 6.54 Å². The van der Waals surface area contributed by atoms with E-state index in [0.717, 1.165) is 30.4 Å². The third kappa shape index (κ3) is 5.53. The zero-order valence-electron chi connectivity index (χ0n) is 14.8. The Morgan fingerprint density at radius 1 is 1.27 bits per heavy atom. The number of hydrogen-bond acceptors (Lipinski definition) is 4. The van der Waals surface area contributed by atoms with Crippen LogP contribution in [0, 0.1) is 6.92 Å². The molecular weight excluding hydrogens is 459 g/mol. The summed E-state index contributed by atoms with van der Waals surface area (Å²) in [4.78, 5) is 14.5. The molecule has 3 aromatic heterocycles. The average molecular weight is 482 g/mol. The van der Waals surface area contributed by atoms with Crippen molar-refractivity contribution in [3.63, 3.8) is 0 Å². The van der Waals surface area contributed by atoms with Gasteiger partial charge in [-0.2, -0.15) is 0 Å². The molecule has 0 unspecified atom stereocenters. The maximum Gasteiger partial charge on any atom is 0.191 e. The molecule has 26 heavy (non-hydrogen) atoms. The number of imidazole rings is 1. The lowest BCUT2D eigenvalue weighted by Crippen LogP contribution is -2.36. The Balaban J connectivity index is 0.00000243. The van der Waals surface area contributed by atoms with Crippen LogP contribution in [0.5, 0.6) is 0 Å². The maximum atomic E-state index is 4.65. The van der Waals surface area contributed by atoms with Crippen LogP contribution in [0.1, 0.15) is 22.9 Å². The number of rotatable bonds is 6. The van der Waals surface area contributed by atoms with Crippen molar-refractivity contribution >= 4 is 41.3 Å². The van der Waals surface area contributed by atoms with Gasteiger partial charge in [-0.05, 0) is 42.5 Å². The Hall–Kier alpha value is -1.94. The number of nitrogens with zero attached hydrogens (tertiary/aromatic N) is 4. The van der Waals surface area contributed by atoms with Crippen LogP contribution in [0.3, 0.4) is 0 Å². The predicted molar refractivity (Wildman–Crippen MR) is 117 cm³/mol. The molecule has 3 heterocycles. The molecule has 3 rings (SSSR count). The molecular formula is C18H23IN6S. The molecule has 0 aliphatic rings. The van der Waals surface area contributed by atoms with Crippen molar-refractivity contribution in [2.24, 2.45) is 4.99 Å². The van der Waals surface area contributed by atoms with Gasteiger partial charge in [0, 0.05) is 30.0 Å². The van der Waals surface area contributed by atoms with Gasteiger partial charge in [0.05, 0.1) is 13.1 Å². The number of hydrogen-bond donors (Lipinski definition) is 2. The fraction of sp³-hybridized carbons (Fsp3) is 0.278. The Bertz CT molecular complexity index is 811. The van der Waals surface area contributed by atoms with Gasteiger partial charge in [-0.15, -0.1) is 35.3 Å². The van der Waals surface area contributed by atoms with Gasteiger partial charge in [0.25, 0.3) is 0 Å². The topological polar surface area (TPSA) is 67.1 Å². The molecule has 0 amide bonds. The highest BCUT2D eigenvalue weighted by Gasteiger charge is 2.03. The zero-order valence-corrected chi connectivity index (χ0v) is 18.0. The fourth-order valence-electron chi connectivity index (χ4n) is 2.32. The smallest absolute Gasteiger partial charge is 0.191 e. The molecule has 8 heteroatoms. The highest BCUT2D eigenvalue weighted by atomic mass is 127. The molecule has 0 fully saturated rings. The van der Waals surface area contributed by atoms with E-state index in [2.05, 4.69) is 50.9 Å². The van der Waals surface area contributed by atoms with Gasteiger partial charge in [-0.1, -0.05) is 6.07 Å². The van der Waals surface area contributed by atoms with Gasteiger partial charge in [-0.25, -0.2) is 15.0 Å².